The van der Waals surface area contributed by atoms with Crippen molar-refractivity contribution >= 4 is 15.9 Å². The smallest absolute Gasteiger partial charge is 0.0935 e. The number of likely N-dealkylation sites (N-methyl/N-ethyl adjacent to an activating group) is 1. The van der Waals surface area contributed by atoms with Crippen LogP contribution in [0.4, 0.5) is 0 Å². The molecular weight excluding hydrogens is 290 g/mol. The largest absolute Gasteiger partial charge is 0.472 e. The van der Waals surface area contributed by atoms with Gasteiger partial charge in [0.1, 0.15) is 0 Å². The van der Waals surface area contributed by atoms with Crippen LogP contribution >= 0.6 is 15.9 Å². The van der Waals surface area contributed by atoms with Crippen molar-refractivity contribution in [2.75, 3.05) is 6.54 Å². The molecule has 0 aliphatic rings. The summed E-state index contributed by atoms with van der Waals surface area (Å²) in [7, 11) is 0. The summed E-state index contributed by atoms with van der Waals surface area (Å²) < 4.78 is 6.34. The SMILES string of the molecule is CCNC(Cc1ccoc1)c1cccc(C)c1Br. The Labute approximate surface area is 117 Å². The third-order valence-corrected chi connectivity index (χ3v) is 4.15. The number of hydrogen-bond donors (Lipinski definition) is 1. The molecule has 0 aliphatic heterocycles. The molecule has 0 radical (unpaired) electrons. The van der Waals surface area contributed by atoms with E-state index in [2.05, 4.69) is 53.3 Å². The molecule has 1 aromatic carbocycles. The first-order chi connectivity index (χ1) is 8.72. The Hall–Kier alpha value is -1.06. The van der Waals surface area contributed by atoms with Crippen molar-refractivity contribution in [3.63, 3.8) is 0 Å². The van der Waals surface area contributed by atoms with Crippen molar-refractivity contribution in [3.8, 4) is 0 Å². The van der Waals surface area contributed by atoms with Crippen LogP contribution in [0.5, 0.6) is 0 Å². The maximum Gasteiger partial charge on any atom is 0.0935 e. The van der Waals surface area contributed by atoms with Gasteiger partial charge in [-0.25, -0.2) is 0 Å². The summed E-state index contributed by atoms with van der Waals surface area (Å²) in [6.07, 6.45) is 4.48. The van der Waals surface area contributed by atoms with Crippen LogP contribution in [0.3, 0.4) is 0 Å². The van der Waals surface area contributed by atoms with E-state index in [4.69, 9.17) is 4.42 Å². The Morgan fingerprint density at radius 1 is 1.33 bits per heavy atom. The van der Waals surface area contributed by atoms with Crippen molar-refractivity contribution < 1.29 is 4.42 Å². The lowest BCUT2D eigenvalue weighted by Crippen LogP contribution is -2.23. The zero-order chi connectivity index (χ0) is 13.0. The molecule has 0 saturated heterocycles. The van der Waals surface area contributed by atoms with Gasteiger partial charge in [-0.3, -0.25) is 0 Å². The van der Waals surface area contributed by atoms with Gasteiger partial charge in [-0.2, -0.15) is 0 Å². The van der Waals surface area contributed by atoms with Crippen LogP contribution in [0, 0.1) is 6.92 Å². The highest BCUT2D eigenvalue weighted by atomic mass is 79.9. The van der Waals surface area contributed by atoms with Gasteiger partial charge in [0.2, 0.25) is 0 Å². The molecule has 2 nitrogen and oxygen atoms in total. The third-order valence-electron chi connectivity index (χ3n) is 3.07. The first-order valence-electron chi connectivity index (χ1n) is 6.21. The van der Waals surface area contributed by atoms with Crippen molar-refractivity contribution in [2.45, 2.75) is 26.3 Å². The van der Waals surface area contributed by atoms with Crippen LogP contribution in [-0.2, 0) is 6.42 Å². The normalized spacial score (nSPS) is 12.6. The highest BCUT2D eigenvalue weighted by Crippen LogP contribution is 2.28. The quantitative estimate of drug-likeness (QED) is 0.893. The average Bonchev–Trinajstić information content (AvgIpc) is 2.85. The molecule has 1 unspecified atom stereocenters. The van der Waals surface area contributed by atoms with Gasteiger partial charge >= 0.3 is 0 Å². The molecule has 0 aliphatic carbocycles. The lowest BCUT2D eigenvalue weighted by molar-refractivity contribution is 0.533. The van der Waals surface area contributed by atoms with Gasteiger partial charge in [-0.15, -0.1) is 0 Å². The van der Waals surface area contributed by atoms with Gasteiger partial charge in [0.05, 0.1) is 12.5 Å². The highest BCUT2D eigenvalue weighted by Gasteiger charge is 2.15. The highest BCUT2D eigenvalue weighted by molar-refractivity contribution is 9.10. The van der Waals surface area contributed by atoms with Crippen molar-refractivity contribution in [1.82, 2.24) is 5.32 Å². The Morgan fingerprint density at radius 3 is 2.83 bits per heavy atom. The lowest BCUT2D eigenvalue weighted by Gasteiger charge is -2.20. The van der Waals surface area contributed by atoms with E-state index in [9.17, 15) is 0 Å². The number of nitrogens with one attached hydrogen (secondary N) is 1. The van der Waals surface area contributed by atoms with Gasteiger partial charge in [-0.1, -0.05) is 41.1 Å². The van der Waals surface area contributed by atoms with Crippen LogP contribution in [-0.4, -0.2) is 6.54 Å². The summed E-state index contributed by atoms with van der Waals surface area (Å²) in [4.78, 5) is 0. The zero-order valence-corrected chi connectivity index (χ0v) is 12.3. The van der Waals surface area contributed by atoms with Crippen molar-refractivity contribution in [3.05, 3.63) is 58.0 Å². The number of halogens is 1. The standard InChI is InChI=1S/C15H18BrNO/c1-3-17-14(9-12-7-8-18-10-12)13-6-4-5-11(2)15(13)16/h4-8,10,14,17H,3,9H2,1-2H3. The lowest BCUT2D eigenvalue weighted by atomic mass is 9.99. The molecule has 0 spiro atoms. The number of rotatable bonds is 5. The van der Waals surface area contributed by atoms with Crippen LogP contribution in [0.15, 0.2) is 45.7 Å². The van der Waals surface area contributed by atoms with E-state index < -0.39 is 0 Å². The molecule has 3 heteroatoms. The second-order valence-corrected chi connectivity index (χ2v) is 5.22. The summed E-state index contributed by atoms with van der Waals surface area (Å²) >= 11 is 3.69. The first-order valence-corrected chi connectivity index (χ1v) is 7.01. The maximum absolute atomic E-state index is 5.14. The Morgan fingerprint density at radius 2 is 2.17 bits per heavy atom. The predicted octanol–water partition coefficient (Wildman–Crippen LogP) is 4.24. The first kappa shape index (κ1) is 13.4. The van der Waals surface area contributed by atoms with Crippen LogP contribution in [0.25, 0.3) is 0 Å². The summed E-state index contributed by atoms with van der Waals surface area (Å²) in [6, 6.07) is 8.73. The maximum atomic E-state index is 5.14. The van der Waals surface area contributed by atoms with Gasteiger partial charge in [-0.05, 0) is 42.6 Å². The third kappa shape index (κ3) is 3.03. The molecule has 1 N–H and O–H groups in total. The molecule has 0 amide bonds. The van der Waals surface area contributed by atoms with Crippen LogP contribution in [0.1, 0.15) is 29.7 Å². The minimum Gasteiger partial charge on any atom is -0.472 e. The summed E-state index contributed by atoms with van der Waals surface area (Å²) in [5.74, 6) is 0. The molecule has 0 fully saturated rings. The van der Waals surface area contributed by atoms with Crippen LogP contribution in [0.2, 0.25) is 0 Å². The minimum absolute atomic E-state index is 0.307. The van der Waals surface area contributed by atoms with E-state index in [-0.39, 0.29) is 0 Å². The monoisotopic (exact) mass is 307 g/mol. The molecule has 2 aromatic rings. The average molecular weight is 308 g/mol. The fourth-order valence-corrected chi connectivity index (χ4v) is 2.66. The fourth-order valence-electron chi connectivity index (χ4n) is 2.12. The summed E-state index contributed by atoms with van der Waals surface area (Å²) in [5.41, 5.74) is 3.79. The molecule has 2 rings (SSSR count). The van der Waals surface area contributed by atoms with Gasteiger partial charge in [0.15, 0.2) is 0 Å². The fraction of sp³-hybridized carbons (Fsp3) is 0.333. The van der Waals surface area contributed by atoms with Crippen LogP contribution < -0.4 is 5.32 Å². The van der Waals surface area contributed by atoms with E-state index in [1.54, 1.807) is 6.26 Å². The molecular formula is C15H18BrNO. The number of hydrogen-bond acceptors (Lipinski definition) is 2. The molecule has 1 atom stereocenters. The summed E-state index contributed by atoms with van der Waals surface area (Å²) in [5, 5.41) is 3.53. The molecule has 1 heterocycles. The second-order valence-electron chi connectivity index (χ2n) is 4.42. The topological polar surface area (TPSA) is 25.2 Å². The van der Waals surface area contributed by atoms with E-state index >= 15 is 0 Å². The predicted molar refractivity (Wildman–Crippen MR) is 77.7 cm³/mol. The molecule has 1 aromatic heterocycles. The molecule has 0 bridgehead atoms. The Balaban J connectivity index is 2.26. The summed E-state index contributed by atoms with van der Waals surface area (Å²) in [6.45, 7) is 5.20. The Bertz CT molecular complexity index is 493. The van der Waals surface area contributed by atoms with E-state index in [1.165, 1.54) is 21.2 Å². The number of benzene rings is 1. The molecule has 18 heavy (non-hydrogen) atoms. The second kappa shape index (κ2) is 6.21. The van der Waals surface area contributed by atoms with E-state index in [0.717, 1.165) is 13.0 Å². The van der Waals surface area contributed by atoms with E-state index in [0.29, 0.717) is 6.04 Å². The Kier molecular flexibility index (Phi) is 4.61. The zero-order valence-electron chi connectivity index (χ0n) is 10.7. The van der Waals surface area contributed by atoms with Gasteiger partial charge in [0.25, 0.3) is 0 Å². The van der Waals surface area contributed by atoms with Gasteiger partial charge < -0.3 is 9.73 Å². The van der Waals surface area contributed by atoms with Crippen molar-refractivity contribution in [2.24, 2.45) is 0 Å². The minimum atomic E-state index is 0.307. The molecule has 96 valence electrons. The van der Waals surface area contributed by atoms with Gasteiger partial charge in [0, 0.05) is 10.5 Å². The number of furan rings is 1. The molecule has 0 saturated carbocycles. The van der Waals surface area contributed by atoms with Crippen molar-refractivity contribution in [1.29, 1.82) is 0 Å². The number of aryl methyl sites for hydroxylation is 1. The van der Waals surface area contributed by atoms with E-state index in [1.807, 2.05) is 12.3 Å².